The third-order valence-corrected chi connectivity index (χ3v) is 4.12. The maximum absolute atomic E-state index is 11.7. The van der Waals surface area contributed by atoms with Gasteiger partial charge in [0, 0.05) is 19.3 Å². The molecule has 0 N–H and O–H groups in total. The Morgan fingerprint density at radius 1 is 0.636 bits per heavy atom. The zero-order valence-corrected chi connectivity index (χ0v) is 14.8. The Morgan fingerprint density at radius 3 is 1.55 bits per heavy atom. The van der Waals surface area contributed by atoms with Gasteiger partial charge in [0.2, 0.25) is 0 Å². The molecule has 0 saturated heterocycles. The molecule has 0 aromatic heterocycles. The van der Waals surface area contributed by atoms with Crippen molar-refractivity contribution < 1.29 is 14.3 Å². The molecule has 0 saturated carbocycles. The predicted octanol–water partition coefficient (Wildman–Crippen LogP) is 5.60. The predicted molar refractivity (Wildman–Crippen MR) is 92.0 cm³/mol. The van der Waals surface area contributed by atoms with Gasteiger partial charge in [0.25, 0.3) is 0 Å². The normalized spacial score (nSPS) is 10.6. The van der Waals surface area contributed by atoms with Gasteiger partial charge in [0.05, 0.1) is 7.11 Å². The molecule has 0 rings (SSSR count). The van der Waals surface area contributed by atoms with Gasteiger partial charge in [-0.05, 0) is 19.3 Å². The summed E-state index contributed by atoms with van der Waals surface area (Å²) in [6.45, 7) is 2.25. The summed E-state index contributed by atoms with van der Waals surface area (Å²) in [4.78, 5) is 22.6. The van der Waals surface area contributed by atoms with E-state index in [4.69, 9.17) is 0 Å². The van der Waals surface area contributed by atoms with Crippen molar-refractivity contribution in [3.63, 3.8) is 0 Å². The van der Waals surface area contributed by atoms with Crippen molar-refractivity contribution in [1.29, 1.82) is 0 Å². The fraction of sp³-hybridized carbons (Fsp3) is 0.895. The van der Waals surface area contributed by atoms with Gasteiger partial charge in [-0.3, -0.25) is 9.59 Å². The Balaban J connectivity index is 3.21. The van der Waals surface area contributed by atoms with Crippen LogP contribution >= 0.6 is 0 Å². The topological polar surface area (TPSA) is 43.4 Å². The number of carbonyl (C=O) groups is 2. The Kier molecular flexibility index (Phi) is 15.9. The highest BCUT2D eigenvalue weighted by Gasteiger charge is 2.03. The lowest BCUT2D eigenvalue weighted by molar-refractivity contribution is -0.140. The molecule has 22 heavy (non-hydrogen) atoms. The maximum atomic E-state index is 11.7. The second-order valence-electron chi connectivity index (χ2n) is 6.25. The number of Topliss-reactive ketones (excluding diaryl/α,β-unsaturated/α-hetero) is 1. The van der Waals surface area contributed by atoms with E-state index < -0.39 is 0 Å². The zero-order chi connectivity index (χ0) is 16.5. The molecule has 0 amide bonds. The number of hydrogen-bond donors (Lipinski definition) is 0. The van der Waals surface area contributed by atoms with Crippen LogP contribution in [0.3, 0.4) is 0 Å². The average molecular weight is 312 g/mol. The summed E-state index contributed by atoms with van der Waals surface area (Å²) in [6, 6.07) is 0. The molecule has 0 atom stereocenters. The quantitative estimate of drug-likeness (QED) is 0.275. The fourth-order valence-corrected chi connectivity index (χ4v) is 2.63. The monoisotopic (exact) mass is 312 g/mol. The largest absolute Gasteiger partial charge is 0.469 e. The number of unbranched alkanes of at least 4 members (excludes halogenated alkanes) is 10. The summed E-state index contributed by atoms with van der Waals surface area (Å²) in [5.74, 6) is 0.238. The van der Waals surface area contributed by atoms with Crippen molar-refractivity contribution in [3.8, 4) is 0 Å². The summed E-state index contributed by atoms with van der Waals surface area (Å²) >= 11 is 0. The Hall–Kier alpha value is -0.860. The van der Waals surface area contributed by atoms with Gasteiger partial charge in [-0.25, -0.2) is 0 Å². The van der Waals surface area contributed by atoms with Crippen LogP contribution in [0.15, 0.2) is 0 Å². The van der Waals surface area contributed by atoms with Gasteiger partial charge in [-0.1, -0.05) is 64.7 Å². The summed E-state index contributed by atoms with van der Waals surface area (Å²) in [6.07, 6.45) is 16.2. The van der Waals surface area contributed by atoms with Crippen LogP contribution < -0.4 is 0 Å². The van der Waals surface area contributed by atoms with Crippen molar-refractivity contribution in [2.45, 2.75) is 103 Å². The Bertz CT molecular complexity index is 274. The summed E-state index contributed by atoms with van der Waals surface area (Å²) < 4.78 is 4.58. The molecule has 3 heteroatoms. The van der Waals surface area contributed by atoms with E-state index in [-0.39, 0.29) is 5.97 Å². The second kappa shape index (κ2) is 16.5. The number of rotatable bonds is 16. The SMILES string of the molecule is CCCCCCCCCCCC(=O)CCCCCC(=O)OC. The molecule has 0 bridgehead atoms. The molecule has 0 spiro atoms. The minimum atomic E-state index is -0.152. The molecule has 0 fully saturated rings. The fourth-order valence-electron chi connectivity index (χ4n) is 2.63. The minimum absolute atomic E-state index is 0.152. The van der Waals surface area contributed by atoms with Gasteiger partial charge in [-0.15, -0.1) is 0 Å². The van der Waals surface area contributed by atoms with Crippen LogP contribution in [0.2, 0.25) is 0 Å². The van der Waals surface area contributed by atoms with Crippen molar-refractivity contribution in [3.05, 3.63) is 0 Å². The Morgan fingerprint density at radius 2 is 1.05 bits per heavy atom. The van der Waals surface area contributed by atoms with Crippen LogP contribution in [0.25, 0.3) is 0 Å². The average Bonchev–Trinajstić information content (AvgIpc) is 2.52. The zero-order valence-electron chi connectivity index (χ0n) is 14.8. The standard InChI is InChI=1S/C19H36O3/c1-3-4-5-6-7-8-9-10-12-15-18(20)16-13-11-14-17-19(21)22-2/h3-17H2,1-2H3. The van der Waals surface area contributed by atoms with E-state index in [1.807, 2.05) is 0 Å². The van der Waals surface area contributed by atoms with E-state index in [1.54, 1.807) is 0 Å². The first kappa shape index (κ1) is 21.1. The highest BCUT2D eigenvalue weighted by Crippen LogP contribution is 2.12. The number of carbonyl (C=O) groups excluding carboxylic acids is 2. The van der Waals surface area contributed by atoms with E-state index >= 15 is 0 Å². The van der Waals surface area contributed by atoms with E-state index in [2.05, 4.69) is 11.7 Å². The molecule has 3 nitrogen and oxygen atoms in total. The molecule has 0 aliphatic rings. The van der Waals surface area contributed by atoms with Crippen LogP contribution in [0.1, 0.15) is 103 Å². The lowest BCUT2D eigenvalue weighted by Crippen LogP contribution is -2.00. The summed E-state index contributed by atoms with van der Waals surface area (Å²) in [5, 5.41) is 0. The highest BCUT2D eigenvalue weighted by molar-refractivity contribution is 5.78. The van der Waals surface area contributed by atoms with Crippen LogP contribution in [0.4, 0.5) is 0 Å². The minimum Gasteiger partial charge on any atom is -0.469 e. The van der Waals surface area contributed by atoms with Crippen molar-refractivity contribution >= 4 is 11.8 Å². The lowest BCUT2D eigenvalue weighted by atomic mass is 10.0. The van der Waals surface area contributed by atoms with E-state index in [0.717, 1.165) is 32.1 Å². The van der Waals surface area contributed by atoms with Crippen LogP contribution in [0.5, 0.6) is 0 Å². The third kappa shape index (κ3) is 15.5. The van der Waals surface area contributed by atoms with E-state index in [1.165, 1.54) is 58.5 Å². The highest BCUT2D eigenvalue weighted by atomic mass is 16.5. The molecular weight excluding hydrogens is 276 g/mol. The number of ketones is 1. The first-order valence-electron chi connectivity index (χ1n) is 9.29. The van der Waals surface area contributed by atoms with E-state index in [9.17, 15) is 9.59 Å². The van der Waals surface area contributed by atoms with Gasteiger partial charge in [0.15, 0.2) is 0 Å². The number of esters is 1. The number of ether oxygens (including phenoxy) is 1. The van der Waals surface area contributed by atoms with E-state index in [0.29, 0.717) is 18.6 Å². The molecule has 0 radical (unpaired) electrons. The molecule has 0 heterocycles. The molecule has 0 aromatic carbocycles. The third-order valence-electron chi connectivity index (χ3n) is 4.12. The first-order chi connectivity index (χ1) is 10.7. The number of hydrogen-bond acceptors (Lipinski definition) is 3. The molecule has 130 valence electrons. The summed E-state index contributed by atoms with van der Waals surface area (Å²) in [5.41, 5.74) is 0. The molecule has 0 unspecified atom stereocenters. The van der Waals surface area contributed by atoms with Gasteiger partial charge in [-0.2, -0.15) is 0 Å². The van der Waals surface area contributed by atoms with Crippen molar-refractivity contribution in [1.82, 2.24) is 0 Å². The molecule has 0 aliphatic carbocycles. The lowest BCUT2D eigenvalue weighted by Gasteiger charge is -2.03. The Labute approximate surface area is 137 Å². The molecular formula is C19H36O3. The maximum Gasteiger partial charge on any atom is 0.305 e. The summed E-state index contributed by atoms with van der Waals surface area (Å²) in [7, 11) is 1.41. The molecule has 0 aromatic rings. The van der Waals surface area contributed by atoms with Crippen molar-refractivity contribution in [2.75, 3.05) is 7.11 Å². The second-order valence-corrected chi connectivity index (χ2v) is 6.25. The van der Waals surface area contributed by atoms with Crippen molar-refractivity contribution in [2.24, 2.45) is 0 Å². The first-order valence-corrected chi connectivity index (χ1v) is 9.29. The molecule has 0 aliphatic heterocycles. The van der Waals surface area contributed by atoms with Crippen LogP contribution in [-0.4, -0.2) is 18.9 Å². The smallest absolute Gasteiger partial charge is 0.305 e. The van der Waals surface area contributed by atoms with Gasteiger partial charge in [0.1, 0.15) is 5.78 Å². The van der Waals surface area contributed by atoms with Crippen LogP contribution in [0, 0.1) is 0 Å². The number of methoxy groups -OCH3 is 1. The van der Waals surface area contributed by atoms with Crippen LogP contribution in [-0.2, 0) is 14.3 Å². The van der Waals surface area contributed by atoms with Gasteiger partial charge >= 0.3 is 5.97 Å². The van der Waals surface area contributed by atoms with Gasteiger partial charge < -0.3 is 4.74 Å².